The van der Waals surface area contributed by atoms with Gasteiger partial charge in [-0.2, -0.15) is 0 Å². The molecule has 0 saturated heterocycles. The predicted octanol–water partition coefficient (Wildman–Crippen LogP) is 2.09. The Morgan fingerprint density at radius 1 is 1.37 bits per heavy atom. The maximum absolute atomic E-state index is 13.2. The fourth-order valence-corrected chi connectivity index (χ4v) is 3.89. The summed E-state index contributed by atoms with van der Waals surface area (Å²) in [7, 11) is -3.61. The van der Waals surface area contributed by atoms with E-state index in [0.717, 1.165) is 0 Å². The number of aryl methyl sites for hydroxylation is 2. The molecule has 19 heavy (non-hydrogen) atoms. The van der Waals surface area contributed by atoms with Crippen LogP contribution in [0.4, 0.5) is 4.39 Å². The van der Waals surface area contributed by atoms with E-state index in [-0.39, 0.29) is 4.90 Å². The summed E-state index contributed by atoms with van der Waals surface area (Å²) in [4.78, 5) is 0.149. The lowest BCUT2D eigenvalue weighted by atomic mass is 10.1. The highest BCUT2D eigenvalue weighted by Crippen LogP contribution is 2.21. The minimum atomic E-state index is -3.61. The van der Waals surface area contributed by atoms with Gasteiger partial charge in [0.25, 0.3) is 0 Å². The van der Waals surface area contributed by atoms with E-state index in [1.807, 2.05) is 0 Å². The van der Waals surface area contributed by atoms with Crippen LogP contribution in [0.1, 0.15) is 11.1 Å². The second kappa shape index (κ2) is 6.94. The number of benzene rings is 1. The maximum atomic E-state index is 13.2. The molecule has 0 unspecified atom stereocenters. The summed E-state index contributed by atoms with van der Waals surface area (Å²) in [6.07, 6.45) is 5.10. The van der Waals surface area contributed by atoms with Crippen LogP contribution < -0.4 is 4.72 Å². The highest BCUT2D eigenvalue weighted by molar-refractivity contribution is 7.99. The molecule has 0 amide bonds. The Labute approximate surface area is 118 Å². The summed E-state index contributed by atoms with van der Waals surface area (Å²) in [6.45, 7) is 3.46. The third-order valence-electron chi connectivity index (χ3n) is 2.42. The first-order chi connectivity index (χ1) is 8.88. The Bertz CT molecular complexity index is 568. The molecule has 0 aliphatic rings. The number of terminal acetylenes is 1. The van der Waals surface area contributed by atoms with Crippen LogP contribution in [0.3, 0.4) is 0 Å². The molecule has 1 N–H and O–H groups in total. The lowest BCUT2D eigenvalue weighted by Gasteiger charge is -2.12. The van der Waals surface area contributed by atoms with Crippen LogP contribution in [-0.2, 0) is 10.0 Å². The molecule has 0 spiro atoms. The molecule has 0 heterocycles. The predicted molar refractivity (Wildman–Crippen MR) is 77.2 cm³/mol. The van der Waals surface area contributed by atoms with Gasteiger partial charge < -0.3 is 0 Å². The van der Waals surface area contributed by atoms with Gasteiger partial charge in [-0.05, 0) is 37.1 Å². The Kier molecular flexibility index (Phi) is 5.85. The second-order valence-electron chi connectivity index (χ2n) is 4.02. The zero-order valence-corrected chi connectivity index (χ0v) is 12.5. The van der Waals surface area contributed by atoms with Crippen molar-refractivity contribution in [3.63, 3.8) is 0 Å². The molecule has 1 aromatic carbocycles. The van der Waals surface area contributed by atoms with Crippen molar-refractivity contribution in [2.45, 2.75) is 18.7 Å². The van der Waals surface area contributed by atoms with E-state index in [2.05, 4.69) is 10.6 Å². The van der Waals surface area contributed by atoms with Gasteiger partial charge in [0.05, 0.1) is 10.6 Å². The first-order valence-electron chi connectivity index (χ1n) is 5.66. The van der Waals surface area contributed by atoms with Crippen LogP contribution in [0.15, 0.2) is 17.0 Å². The van der Waals surface area contributed by atoms with Gasteiger partial charge in [0.15, 0.2) is 0 Å². The molecule has 0 bridgehead atoms. The number of rotatable bonds is 6. The Hall–Kier alpha value is -1.03. The van der Waals surface area contributed by atoms with Crippen molar-refractivity contribution in [3.05, 3.63) is 29.1 Å². The fourth-order valence-electron chi connectivity index (χ4n) is 1.77. The Morgan fingerprint density at radius 3 is 2.47 bits per heavy atom. The van der Waals surface area contributed by atoms with Gasteiger partial charge in [-0.25, -0.2) is 17.5 Å². The minimum Gasteiger partial charge on any atom is -0.210 e. The van der Waals surface area contributed by atoms with E-state index < -0.39 is 15.8 Å². The van der Waals surface area contributed by atoms with Crippen LogP contribution >= 0.6 is 11.8 Å². The molecule has 6 heteroatoms. The number of halogens is 1. The molecule has 0 aromatic heterocycles. The molecule has 3 nitrogen and oxygen atoms in total. The summed E-state index contributed by atoms with van der Waals surface area (Å²) in [5, 5.41) is 0. The molecule has 1 rings (SSSR count). The fraction of sp³-hybridized carbons (Fsp3) is 0.385. The topological polar surface area (TPSA) is 46.2 Å². The summed E-state index contributed by atoms with van der Waals surface area (Å²) < 4.78 is 39.9. The zero-order valence-electron chi connectivity index (χ0n) is 10.9. The van der Waals surface area contributed by atoms with Crippen molar-refractivity contribution in [3.8, 4) is 12.3 Å². The maximum Gasteiger partial charge on any atom is 0.241 e. The molecule has 1 aromatic rings. The molecule has 104 valence electrons. The van der Waals surface area contributed by atoms with Gasteiger partial charge in [0.1, 0.15) is 5.82 Å². The van der Waals surface area contributed by atoms with Crippen molar-refractivity contribution in [2.24, 2.45) is 0 Å². The average Bonchev–Trinajstić information content (AvgIpc) is 2.26. The Balaban J connectivity index is 2.81. The molecular formula is C13H16FNO2S2. The monoisotopic (exact) mass is 301 g/mol. The quantitative estimate of drug-likeness (QED) is 0.646. The highest BCUT2D eigenvalue weighted by atomic mass is 32.2. The SMILES string of the molecule is C#CCSCCNS(=O)(=O)c1c(C)cc(F)cc1C. The van der Waals surface area contributed by atoms with Crippen molar-refractivity contribution in [1.82, 2.24) is 4.72 Å². The standard InChI is InChI=1S/C13H16FNO2S2/c1-4-6-18-7-5-15-19(16,17)13-10(2)8-12(14)9-11(13)3/h1,8-9,15H,5-7H2,2-3H3. The van der Waals surface area contributed by atoms with E-state index in [4.69, 9.17) is 6.42 Å². The third-order valence-corrected chi connectivity index (χ3v) is 5.05. The average molecular weight is 301 g/mol. The number of hydrogen-bond acceptors (Lipinski definition) is 3. The van der Waals surface area contributed by atoms with Gasteiger partial charge in [0, 0.05) is 12.3 Å². The summed E-state index contributed by atoms with van der Waals surface area (Å²) in [6, 6.07) is 2.43. The lowest BCUT2D eigenvalue weighted by molar-refractivity contribution is 0.581. The largest absolute Gasteiger partial charge is 0.241 e. The first-order valence-corrected chi connectivity index (χ1v) is 8.30. The number of thioether (sulfide) groups is 1. The lowest BCUT2D eigenvalue weighted by Crippen LogP contribution is -2.27. The molecular weight excluding hydrogens is 285 g/mol. The van der Waals surface area contributed by atoms with Crippen LogP contribution in [0.2, 0.25) is 0 Å². The van der Waals surface area contributed by atoms with Gasteiger partial charge in [-0.3, -0.25) is 0 Å². The van der Waals surface area contributed by atoms with Crippen LogP contribution in [-0.4, -0.2) is 26.5 Å². The Morgan fingerprint density at radius 2 is 1.95 bits per heavy atom. The van der Waals surface area contributed by atoms with Crippen LogP contribution in [0.5, 0.6) is 0 Å². The van der Waals surface area contributed by atoms with Crippen LogP contribution in [0, 0.1) is 32.0 Å². The number of sulfonamides is 1. The van der Waals surface area contributed by atoms with Gasteiger partial charge in [-0.1, -0.05) is 5.92 Å². The molecule has 0 fully saturated rings. The second-order valence-corrected chi connectivity index (χ2v) is 6.83. The van der Waals surface area contributed by atoms with Crippen molar-refractivity contribution >= 4 is 21.8 Å². The van der Waals surface area contributed by atoms with Gasteiger partial charge in [0.2, 0.25) is 10.0 Å². The number of nitrogens with one attached hydrogen (secondary N) is 1. The van der Waals surface area contributed by atoms with Crippen LogP contribution in [0.25, 0.3) is 0 Å². The summed E-state index contributed by atoms with van der Waals surface area (Å²) in [5.74, 6) is 3.19. The van der Waals surface area contributed by atoms with E-state index >= 15 is 0 Å². The van der Waals surface area contributed by atoms with Crippen molar-refractivity contribution in [2.75, 3.05) is 18.1 Å². The molecule has 0 radical (unpaired) electrons. The molecule has 0 saturated carbocycles. The minimum absolute atomic E-state index is 0.149. The highest BCUT2D eigenvalue weighted by Gasteiger charge is 2.19. The summed E-state index contributed by atoms with van der Waals surface area (Å²) in [5.41, 5.74) is 0.808. The van der Waals surface area contributed by atoms with Gasteiger partial charge in [-0.15, -0.1) is 18.2 Å². The zero-order chi connectivity index (χ0) is 14.5. The van der Waals surface area contributed by atoms with E-state index in [0.29, 0.717) is 29.2 Å². The van der Waals surface area contributed by atoms with E-state index in [1.165, 1.54) is 23.9 Å². The first kappa shape index (κ1) is 16.0. The molecule has 0 aliphatic heterocycles. The van der Waals surface area contributed by atoms with Gasteiger partial charge >= 0.3 is 0 Å². The van der Waals surface area contributed by atoms with Crippen molar-refractivity contribution < 1.29 is 12.8 Å². The molecule has 0 aliphatic carbocycles. The normalized spacial score (nSPS) is 11.3. The smallest absolute Gasteiger partial charge is 0.210 e. The number of hydrogen-bond donors (Lipinski definition) is 1. The third kappa shape index (κ3) is 4.53. The molecule has 0 atom stereocenters. The van der Waals surface area contributed by atoms with Crippen molar-refractivity contribution in [1.29, 1.82) is 0 Å². The summed E-state index contributed by atoms with van der Waals surface area (Å²) >= 11 is 1.48. The van der Waals surface area contributed by atoms with E-state index in [1.54, 1.807) is 13.8 Å². The van der Waals surface area contributed by atoms with E-state index in [9.17, 15) is 12.8 Å².